The first kappa shape index (κ1) is 27.2. The maximum atomic E-state index is 13.3. The van der Waals surface area contributed by atoms with Gasteiger partial charge in [-0.05, 0) is 61.2 Å². The molecule has 2 aliphatic rings. The second-order valence-corrected chi connectivity index (χ2v) is 9.97. The largest absolute Gasteiger partial charge is 0.507 e. The zero-order chi connectivity index (χ0) is 26.4. The van der Waals surface area contributed by atoms with Crippen LogP contribution in [-0.2, 0) is 14.3 Å². The average molecular weight is 527 g/mol. The fourth-order valence-electron chi connectivity index (χ4n) is 4.83. The first-order valence-electron chi connectivity index (χ1n) is 13.0. The minimum absolute atomic E-state index is 0.0951. The Balaban J connectivity index is 1.64. The predicted octanol–water partition coefficient (Wildman–Crippen LogP) is 4.97. The van der Waals surface area contributed by atoms with E-state index >= 15 is 0 Å². The summed E-state index contributed by atoms with van der Waals surface area (Å²) in [5, 5.41) is 11.9. The number of ether oxygens (including phenoxy) is 2. The van der Waals surface area contributed by atoms with Crippen LogP contribution in [0.15, 0.2) is 48.0 Å². The van der Waals surface area contributed by atoms with Crippen LogP contribution >= 0.6 is 11.6 Å². The summed E-state index contributed by atoms with van der Waals surface area (Å²) >= 11 is 6.12. The first-order valence-corrected chi connectivity index (χ1v) is 13.4. The number of likely N-dealkylation sites (tertiary alicyclic amines) is 1. The first-order chi connectivity index (χ1) is 17.9. The molecule has 0 aromatic heterocycles. The predicted molar refractivity (Wildman–Crippen MR) is 144 cm³/mol. The van der Waals surface area contributed by atoms with Gasteiger partial charge in [0.2, 0.25) is 0 Å². The van der Waals surface area contributed by atoms with Gasteiger partial charge in [-0.2, -0.15) is 0 Å². The van der Waals surface area contributed by atoms with E-state index in [1.165, 1.54) is 0 Å². The molecule has 0 bridgehead atoms. The van der Waals surface area contributed by atoms with Crippen molar-refractivity contribution >= 4 is 29.1 Å². The molecule has 7 nitrogen and oxygen atoms in total. The molecule has 4 rings (SSSR count). The standard InChI is InChI=1S/C29H35ClN2O5/c1-3-4-16-37-24-11-8-22(19-20(24)2)27(33)25-26(21-6-9-23(30)10-7-21)32(29(35)28(25)34)13-5-12-31-14-17-36-18-15-31/h6-11,19,26,33H,3-5,12-18H2,1-2H3/b27-25+. The third-order valence-corrected chi connectivity index (χ3v) is 7.16. The van der Waals surface area contributed by atoms with Gasteiger partial charge in [-0.1, -0.05) is 37.1 Å². The second-order valence-electron chi connectivity index (χ2n) is 9.53. The SMILES string of the molecule is CCCCOc1ccc(/C(O)=C2\C(=O)C(=O)N(CCCN3CCOCC3)C2c2ccc(Cl)cc2)cc1C. The van der Waals surface area contributed by atoms with Crippen molar-refractivity contribution in [3.05, 3.63) is 69.8 Å². The van der Waals surface area contributed by atoms with Crippen LogP contribution in [0, 0.1) is 6.92 Å². The molecule has 1 unspecified atom stereocenters. The maximum Gasteiger partial charge on any atom is 0.295 e. The molecule has 2 fully saturated rings. The van der Waals surface area contributed by atoms with Crippen LogP contribution in [0.2, 0.25) is 5.02 Å². The average Bonchev–Trinajstić information content (AvgIpc) is 3.15. The molecule has 37 heavy (non-hydrogen) atoms. The van der Waals surface area contributed by atoms with E-state index in [0.29, 0.717) is 43.4 Å². The van der Waals surface area contributed by atoms with Crippen molar-refractivity contribution in [3.8, 4) is 5.75 Å². The molecule has 0 radical (unpaired) electrons. The number of rotatable bonds is 10. The fraction of sp³-hybridized carbons (Fsp3) is 0.448. The summed E-state index contributed by atoms with van der Waals surface area (Å²) < 4.78 is 11.3. The number of Topliss-reactive ketones (excluding diaryl/α,β-unsaturated/α-hetero) is 1. The van der Waals surface area contributed by atoms with Crippen molar-refractivity contribution in [3.63, 3.8) is 0 Å². The van der Waals surface area contributed by atoms with Gasteiger partial charge < -0.3 is 19.5 Å². The number of carbonyl (C=O) groups is 2. The number of benzene rings is 2. The molecule has 8 heteroatoms. The van der Waals surface area contributed by atoms with Crippen molar-refractivity contribution in [2.45, 2.75) is 39.2 Å². The molecule has 198 valence electrons. The summed E-state index contributed by atoms with van der Waals surface area (Å²) in [6.45, 7) is 8.95. The van der Waals surface area contributed by atoms with Gasteiger partial charge in [0.15, 0.2) is 0 Å². The van der Waals surface area contributed by atoms with Gasteiger partial charge in [0, 0.05) is 36.8 Å². The van der Waals surface area contributed by atoms with Crippen LogP contribution in [0.25, 0.3) is 5.76 Å². The minimum Gasteiger partial charge on any atom is -0.507 e. The number of aryl methyl sites for hydroxylation is 1. The highest BCUT2D eigenvalue weighted by atomic mass is 35.5. The normalized spacial score (nSPS) is 20.0. The van der Waals surface area contributed by atoms with Crippen LogP contribution in [0.5, 0.6) is 5.75 Å². The molecule has 0 aliphatic carbocycles. The number of unbranched alkanes of at least 4 members (excludes halogenated alkanes) is 1. The topological polar surface area (TPSA) is 79.3 Å². The highest BCUT2D eigenvalue weighted by molar-refractivity contribution is 6.46. The zero-order valence-corrected chi connectivity index (χ0v) is 22.3. The van der Waals surface area contributed by atoms with Crippen LogP contribution < -0.4 is 4.74 Å². The van der Waals surface area contributed by atoms with Crippen molar-refractivity contribution < 1.29 is 24.2 Å². The molecule has 1 amide bonds. The monoisotopic (exact) mass is 526 g/mol. The second kappa shape index (κ2) is 12.6. The third-order valence-electron chi connectivity index (χ3n) is 6.91. The Morgan fingerprint density at radius 2 is 1.81 bits per heavy atom. The van der Waals surface area contributed by atoms with Gasteiger partial charge in [-0.15, -0.1) is 0 Å². The van der Waals surface area contributed by atoms with Crippen molar-refractivity contribution in [1.82, 2.24) is 9.80 Å². The van der Waals surface area contributed by atoms with E-state index in [1.807, 2.05) is 6.92 Å². The van der Waals surface area contributed by atoms with E-state index in [2.05, 4.69) is 11.8 Å². The number of hydrogen-bond acceptors (Lipinski definition) is 6. The molecule has 1 atom stereocenters. The lowest BCUT2D eigenvalue weighted by atomic mass is 9.94. The molecular weight excluding hydrogens is 492 g/mol. The third kappa shape index (κ3) is 6.35. The molecule has 2 heterocycles. The van der Waals surface area contributed by atoms with Crippen LogP contribution in [-0.4, -0.2) is 72.6 Å². The Hall–Kier alpha value is -2.87. The zero-order valence-electron chi connectivity index (χ0n) is 21.5. The van der Waals surface area contributed by atoms with Crippen molar-refractivity contribution in [2.75, 3.05) is 46.0 Å². The number of amides is 1. The Kier molecular flexibility index (Phi) is 9.24. The molecule has 2 aromatic rings. The van der Waals surface area contributed by atoms with E-state index in [0.717, 1.165) is 49.4 Å². The highest BCUT2D eigenvalue weighted by Crippen LogP contribution is 2.40. The lowest BCUT2D eigenvalue weighted by Crippen LogP contribution is -2.38. The highest BCUT2D eigenvalue weighted by Gasteiger charge is 2.45. The molecule has 2 aromatic carbocycles. The number of morpholine rings is 1. The number of halogens is 1. The van der Waals surface area contributed by atoms with Gasteiger partial charge in [-0.25, -0.2) is 0 Å². The molecule has 2 aliphatic heterocycles. The molecule has 0 saturated carbocycles. The number of aliphatic hydroxyl groups excluding tert-OH is 1. The van der Waals surface area contributed by atoms with Gasteiger partial charge in [0.1, 0.15) is 11.5 Å². The number of hydrogen-bond donors (Lipinski definition) is 1. The van der Waals surface area contributed by atoms with E-state index in [-0.39, 0.29) is 11.3 Å². The van der Waals surface area contributed by atoms with Crippen LogP contribution in [0.1, 0.15) is 48.9 Å². The lowest BCUT2D eigenvalue weighted by molar-refractivity contribution is -0.140. The smallest absolute Gasteiger partial charge is 0.295 e. The lowest BCUT2D eigenvalue weighted by Gasteiger charge is -2.29. The summed E-state index contributed by atoms with van der Waals surface area (Å²) in [5.74, 6) is -0.718. The van der Waals surface area contributed by atoms with Gasteiger partial charge in [0.25, 0.3) is 11.7 Å². The van der Waals surface area contributed by atoms with Crippen LogP contribution in [0.3, 0.4) is 0 Å². The van der Waals surface area contributed by atoms with Gasteiger partial charge in [0.05, 0.1) is 31.4 Å². The fourth-order valence-corrected chi connectivity index (χ4v) is 4.96. The van der Waals surface area contributed by atoms with E-state index in [9.17, 15) is 14.7 Å². The summed E-state index contributed by atoms with van der Waals surface area (Å²) in [6.07, 6.45) is 2.70. The minimum atomic E-state index is -0.692. The number of nitrogens with zero attached hydrogens (tertiary/aromatic N) is 2. The Morgan fingerprint density at radius 3 is 2.49 bits per heavy atom. The molecule has 0 spiro atoms. The van der Waals surface area contributed by atoms with Gasteiger partial charge >= 0.3 is 0 Å². The summed E-state index contributed by atoms with van der Waals surface area (Å²) in [6, 6.07) is 11.7. The number of carbonyl (C=O) groups excluding carboxylic acids is 2. The molecule has 1 N–H and O–H groups in total. The summed E-state index contributed by atoms with van der Waals surface area (Å²) in [4.78, 5) is 30.4. The maximum absolute atomic E-state index is 13.3. The van der Waals surface area contributed by atoms with Crippen molar-refractivity contribution in [1.29, 1.82) is 0 Å². The van der Waals surface area contributed by atoms with E-state index in [1.54, 1.807) is 47.4 Å². The van der Waals surface area contributed by atoms with E-state index < -0.39 is 17.7 Å². The van der Waals surface area contributed by atoms with E-state index in [4.69, 9.17) is 21.1 Å². The Morgan fingerprint density at radius 1 is 1.08 bits per heavy atom. The quantitative estimate of drug-likeness (QED) is 0.204. The Bertz CT molecular complexity index is 1140. The van der Waals surface area contributed by atoms with Crippen LogP contribution in [0.4, 0.5) is 0 Å². The Labute approximate surface area is 223 Å². The number of aliphatic hydroxyl groups is 1. The van der Waals surface area contributed by atoms with Gasteiger partial charge in [-0.3, -0.25) is 14.5 Å². The summed E-state index contributed by atoms with van der Waals surface area (Å²) in [5.41, 5.74) is 2.15. The molecule has 2 saturated heterocycles. The summed E-state index contributed by atoms with van der Waals surface area (Å²) in [7, 11) is 0. The molecular formula is C29H35ClN2O5. The van der Waals surface area contributed by atoms with Crippen molar-refractivity contribution in [2.24, 2.45) is 0 Å². The number of ketones is 1.